The van der Waals surface area contributed by atoms with Gasteiger partial charge in [0.05, 0.1) is 23.1 Å². The topological polar surface area (TPSA) is 123 Å². The van der Waals surface area contributed by atoms with Crippen molar-refractivity contribution in [1.82, 2.24) is 20.2 Å². The lowest BCUT2D eigenvalue weighted by atomic mass is 9.99. The predicted octanol–water partition coefficient (Wildman–Crippen LogP) is 7.78. The van der Waals surface area contributed by atoms with Gasteiger partial charge < -0.3 is 29.5 Å². The molecule has 5 aromatic rings. The molecule has 14 heteroatoms. The number of nitrogens with one attached hydrogen (secondary N) is 1. The first-order chi connectivity index (χ1) is 28.9. The fraction of sp³-hybridized carbons (Fsp3) is 0.348. The maximum atomic E-state index is 15.5. The van der Waals surface area contributed by atoms with Gasteiger partial charge in [-0.15, -0.1) is 0 Å². The normalized spacial score (nSPS) is 15.3. The Labute approximate surface area is 345 Å². The molecule has 0 bridgehead atoms. The molecule has 2 aliphatic heterocycles. The van der Waals surface area contributed by atoms with Crippen molar-refractivity contribution in [3.63, 3.8) is 0 Å². The second-order valence-corrected chi connectivity index (χ2v) is 15.1. The second-order valence-electron chi connectivity index (χ2n) is 15.1. The number of likely N-dealkylation sites (tertiary alicyclic amines) is 1. The Morgan fingerprint density at radius 1 is 0.767 bits per heavy atom. The van der Waals surface area contributed by atoms with Crippen LogP contribution in [0.15, 0.2) is 109 Å². The summed E-state index contributed by atoms with van der Waals surface area (Å²) >= 11 is 0. The number of hydrogen-bond acceptors (Lipinski definition) is 9. The van der Waals surface area contributed by atoms with Gasteiger partial charge in [-0.3, -0.25) is 9.78 Å². The smallest absolute Gasteiger partial charge is 0.377 e. The Bertz CT molecular complexity index is 2260. The molecule has 0 spiro atoms. The molecule has 0 radical (unpaired) electrons. The molecule has 10 nitrogen and oxygen atoms in total. The number of ether oxygens (including phenoxy) is 3. The van der Waals surface area contributed by atoms with Crippen molar-refractivity contribution in [1.29, 1.82) is 0 Å². The Balaban J connectivity index is 0.935. The minimum absolute atomic E-state index is 0.0614. The number of nitrogens with zero attached hydrogens (tertiary/aromatic N) is 3. The molecule has 4 heterocycles. The molecule has 60 heavy (non-hydrogen) atoms. The van der Waals surface area contributed by atoms with Gasteiger partial charge in [0.25, 0.3) is 5.91 Å². The number of benzene rings is 3. The molecule has 2 atom stereocenters. The number of carbonyl (C=O) groups excluding carboxylic acids is 2. The van der Waals surface area contributed by atoms with E-state index in [1.165, 1.54) is 6.07 Å². The highest BCUT2D eigenvalue weighted by molar-refractivity contribution is 5.83. The van der Waals surface area contributed by atoms with Crippen LogP contribution in [0.4, 0.5) is 17.6 Å². The number of alkyl halides is 4. The number of aryl methyl sites for hydroxylation is 2. The van der Waals surface area contributed by atoms with Crippen LogP contribution in [0.2, 0.25) is 0 Å². The number of carbonyl (C=O) groups is 2. The molecule has 2 aromatic heterocycles. The maximum Gasteiger partial charge on any atom is 0.377 e. The van der Waals surface area contributed by atoms with E-state index in [0.717, 1.165) is 31.5 Å². The molecular weight excluding hydrogens is 781 g/mol. The van der Waals surface area contributed by atoms with Crippen LogP contribution in [0.3, 0.4) is 0 Å². The number of esters is 1. The van der Waals surface area contributed by atoms with Crippen molar-refractivity contribution in [2.75, 3.05) is 32.8 Å². The number of hydrogen-bond donors (Lipinski definition) is 2. The molecule has 7 rings (SSSR count). The lowest BCUT2D eigenvalue weighted by Gasteiger charge is -2.30. The average Bonchev–Trinajstić information content (AvgIpc) is 3.80. The molecule has 2 aliphatic rings. The van der Waals surface area contributed by atoms with Crippen molar-refractivity contribution in [2.45, 2.75) is 69.1 Å². The van der Waals surface area contributed by atoms with Crippen molar-refractivity contribution in [3.05, 3.63) is 132 Å². The summed E-state index contributed by atoms with van der Waals surface area (Å²) < 4.78 is 77.1. The van der Waals surface area contributed by atoms with Gasteiger partial charge in [0, 0.05) is 36.7 Å². The number of aliphatic hydroxyl groups is 1. The van der Waals surface area contributed by atoms with Crippen molar-refractivity contribution in [2.24, 2.45) is 0 Å². The Kier molecular flexibility index (Phi) is 13.4. The quantitative estimate of drug-likeness (QED) is 0.0715. The first-order valence-electron chi connectivity index (χ1n) is 20.0. The second kappa shape index (κ2) is 19.0. The molecule has 0 aliphatic carbocycles. The summed E-state index contributed by atoms with van der Waals surface area (Å²) in [5, 5.41) is 13.8. The SMILES string of the molecule is O=C(N[C@H](CN1CCCC1)[C@H](O)c1ccc2c(c1)OCCO2)C(F)(F)CCc1cccc(-c2cccc(COC(=O)C(F)(F)CCc3cccc(-c4ccccn4)c3)n2)c1. The maximum absolute atomic E-state index is 15.5. The van der Waals surface area contributed by atoms with Crippen LogP contribution in [0.1, 0.15) is 54.2 Å². The van der Waals surface area contributed by atoms with Crippen LogP contribution < -0.4 is 14.8 Å². The lowest BCUT2D eigenvalue weighted by Crippen LogP contribution is -2.51. The van der Waals surface area contributed by atoms with E-state index in [0.29, 0.717) is 58.4 Å². The molecule has 0 saturated carbocycles. The summed E-state index contributed by atoms with van der Waals surface area (Å²) in [6, 6.07) is 27.9. The zero-order valence-corrected chi connectivity index (χ0v) is 32.9. The van der Waals surface area contributed by atoms with Gasteiger partial charge >= 0.3 is 17.8 Å². The number of halogens is 4. The van der Waals surface area contributed by atoms with Crippen molar-refractivity contribution < 1.29 is 46.5 Å². The van der Waals surface area contributed by atoms with E-state index in [-0.39, 0.29) is 25.1 Å². The highest BCUT2D eigenvalue weighted by atomic mass is 19.3. The van der Waals surface area contributed by atoms with Crippen LogP contribution in [-0.2, 0) is 33.8 Å². The first kappa shape index (κ1) is 42.3. The highest BCUT2D eigenvalue weighted by Gasteiger charge is 2.42. The minimum Gasteiger partial charge on any atom is -0.486 e. The summed E-state index contributed by atoms with van der Waals surface area (Å²) in [7, 11) is 0. The Hall–Kier alpha value is -5.86. The van der Waals surface area contributed by atoms with Gasteiger partial charge in [-0.2, -0.15) is 17.6 Å². The number of pyridine rings is 2. The lowest BCUT2D eigenvalue weighted by molar-refractivity contribution is -0.174. The molecule has 1 saturated heterocycles. The van der Waals surface area contributed by atoms with Crippen molar-refractivity contribution >= 4 is 11.9 Å². The molecule has 2 N–H and O–H groups in total. The monoisotopic (exact) mass is 826 g/mol. The number of amides is 1. The molecule has 314 valence electrons. The average molecular weight is 827 g/mol. The number of aliphatic hydroxyl groups excluding tert-OH is 1. The van der Waals surface area contributed by atoms with E-state index >= 15 is 8.78 Å². The number of aromatic nitrogens is 2. The predicted molar refractivity (Wildman–Crippen MR) is 216 cm³/mol. The number of rotatable bonds is 17. The molecule has 1 amide bonds. The first-order valence-corrected chi connectivity index (χ1v) is 20.0. The summed E-state index contributed by atoms with van der Waals surface area (Å²) in [4.78, 5) is 36.5. The molecule has 3 aromatic carbocycles. The summed E-state index contributed by atoms with van der Waals surface area (Å²) in [5.74, 6) is -9.70. The fourth-order valence-corrected chi connectivity index (χ4v) is 7.31. The van der Waals surface area contributed by atoms with Gasteiger partial charge in [-0.25, -0.2) is 9.78 Å². The van der Waals surface area contributed by atoms with Crippen LogP contribution in [0.5, 0.6) is 11.5 Å². The third kappa shape index (κ3) is 10.8. The van der Waals surface area contributed by atoms with Crippen LogP contribution >= 0.6 is 0 Å². The van der Waals surface area contributed by atoms with E-state index in [1.54, 1.807) is 85.1 Å². The highest BCUT2D eigenvalue weighted by Crippen LogP contribution is 2.34. The molecular formula is C46H46F4N4O6. The zero-order chi connectivity index (χ0) is 42.1. The van der Waals surface area contributed by atoms with E-state index in [4.69, 9.17) is 14.2 Å². The number of fused-ring (bicyclic) bond motifs is 1. The standard InChI is InChI=1S/C46H46F4N4O6/c47-45(48,43(56)53-39(29-54-22-3-4-23-54)42(55)35-15-16-40-41(28-35)59-25-24-58-40)19-17-31-9-6-11-34(27-31)38-14-7-12-36(52-38)30-60-44(57)46(49,50)20-18-32-8-5-10-33(26-32)37-13-1-2-21-51-37/h1-2,5-16,21,26-28,39,42,55H,3-4,17-20,22-25,29-30H2,(H,53,56)/t39-,42-/m1/s1. The largest absolute Gasteiger partial charge is 0.486 e. The van der Waals surface area contributed by atoms with Crippen LogP contribution in [0, 0.1) is 0 Å². The summed E-state index contributed by atoms with van der Waals surface area (Å²) in [5.41, 5.74) is 4.21. The van der Waals surface area contributed by atoms with Crippen molar-refractivity contribution in [3.8, 4) is 34.0 Å². The Morgan fingerprint density at radius 3 is 2.12 bits per heavy atom. The van der Waals surface area contributed by atoms with E-state index in [9.17, 15) is 23.5 Å². The van der Waals surface area contributed by atoms with Gasteiger partial charge in [0.2, 0.25) is 0 Å². The Morgan fingerprint density at radius 2 is 1.42 bits per heavy atom. The van der Waals surface area contributed by atoms with Gasteiger partial charge in [0.15, 0.2) is 11.5 Å². The minimum atomic E-state index is -3.76. The summed E-state index contributed by atoms with van der Waals surface area (Å²) in [6.07, 6.45) is 0.471. The molecule has 1 fully saturated rings. The molecule has 0 unspecified atom stereocenters. The van der Waals surface area contributed by atoms with E-state index in [1.807, 2.05) is 23.1 Å². The fourth-order valence-electron chi connectivity index (χ4n) is 7.31. The van der Waals surface area contributed by atoms with E-state index < -0.39 is 55.3 Å². The van der Waals surface area contributed by atoms with Gasteiger partial charge in [-0.05, 0) is 104 Å². The van der Waals surface area contributed by atoms with E-state index in [2.05, 4.69) is 15.3 Å². The third-order valence-electron chi connectivity index (χ3n) is 10.6. The third-order valence-corrected chi connectivity index (χ3v) is 10.6. The van der Waals surface area contributed by atoms with Gasteiger partial charge in [0.1, 0.15) is 25.9 Å². The van der Waals surface area contributed by atoms with Crippen LogP contribution in [-0.4, -0.2) is 82.6 Å². The van der Waals surface area contributed by atoms with Gasteiger partial charge in [-0.1, -0.05) is 54.6 Å². The van der Waals surface area contributed by atoms with Crippen LogP contribution in [0.25, 0.3) is 22.5 Å². The summed E-state index contributed by atoms with van der Waals surface area (Å²) in [6.45, 7) is 1.89. The zero-order valence-electron chi connectivity index (χ0n) is 32.9.